The molecule has 4 nitrogen and oxygen atoms in total. The molecule has 2 rings (SSSR count). The summed E-state index contributed by atoms with van der Waals surface area (Å²) >= 11 is 3.49. The summed E-state index contributed by atoms with van der Waals surface area (Å²) in [6.07, 6.45) is 1.17. The number of piperazine rings is 1. The fourth-order valence-electron chi connectivity index (χ4n) is 2.86. The Kier molecular flexibility index (Phi) is 6.05. The van der Waals surface area contributed by atoms with Crippen molar-refractivity contribution in [3.8, 4) is 5.75 Å². The number of likely N-dealkylation sites (N-methyl/N-ethyl adjacent to an activating group) is 2. The largest absolute Gasteiger partial charge is 0.496 e. The molecule has 0 spiro atoms. The Bertz CT molecular complexity index is 470. The Balaban J connectivity index is 1.91. The number of halogens is 1. The zero-order valence-corrected chi connectivity index (χ0v) is 14.6. The lowest BCUT2D eigenvalue weighted by atomic mass is 9.99. The molecule has 5 heteroatoms. The number of hydrogen-bond donors (Lipinski definition) is 1. The van der Waals surface area contributed by atoms with Crippen molar-refractivity contribution in [3.05, 3.63) is 28.2 Å². The van der Waals surface area contributed by atoms with Gasteiger partial charge < -0.3 is 19.6 Å². The standard InChI is InChI=1S/C16H25BrN2O2/c1-18-6-7-19(2)13(11-18)10-14(20)8-12-4-5-16(21-3)15(17)9-12/h4-5,9,13-14,20H,6-8,10-11H2,1-3H3. The third kappa shape index (κ3) is 4.68. The van der Waals surface area contributed by atoms with E-state index < -0.39 is 0 Å². The van der Waals surface area contributed by atoms with Crippen LogP contribution in [0.15, 0.2) is 22.7 Å². The van der Waals surface area contributed by atoms with Crippen LogP contribution in [0.3, 0.4) is 0 Å². The van der Waals surface area contributed by atoms with E-state index in [0.29, 0.717) is 12.5 Å². The summed E-state index contributed by atoms with van der Waals surface area (Å²) in [5.41, 5.74) is 1.13. The van der Waals surface area contributed by atoms with Crippen LogP contribution in [0.1, 0.15) is 12.0 Å². The number of aliphatic hydroxyl groups excluding tert-OH is 1. The molecule has 1 saturated heterocycles. The van der Waals surface area contributed by atoms with Crippen LogP contribution in [0.2, 0.25) is 0 Å². The minimum Gasteiger partial charge on any atom is -0.496 e. The van der Waals surface area contributed by atoms with Gasteiger partial charge in [-0.05, 0) is 60.6 Å². The summed E-state index contributed by atoms with van der Waals surface area (Å²) in [7, 11) is 5.95. The molecular formula is C16H25BrN2O2. The molecule has 0 aromatic heterocycles. The van der Waals surface area contributed by atoms with Crippen molar-refractivity contribution in [1.82, 2.24) is 9.80 Å². The molecule has 2 atom stereocenters. The average molecular weight is 357 g/mol. The first-order valence-corrected chi connectivity index (χ1v) is 8.18. The highest BCUT2D eigenvalue weighted by Crippen LogP contribution is 2.26. The third-order valence-corrected chi connectivity index (χ3v) is 4.83. The zero-order chi connectivity index (χ0) is 15.4. The lowest BCUT2D eigenvalue weighted by Gasteiger charge is -2.38. The van der Waals surface area contributed by atoms with E-state index in [-0.39, 0.29) is 6.10 Å². The summed E-state index contributed by atoms with van der Waals surface area (Å²) in [6.45, 7) is 3.20. The van der Waals surface area contributed by atoms with E-state index in [2.05, 4.69) is 39.8 Å². The van der Waals surface area contributed by atoms with Crippen LogP contribution in [0, 0.1) is 0 Å². The molecule has 0 bridgehead atoms. The Hall–Kier alpha value is -0.620. The van der Waals surface area contributed by atoms with Gasteiger partial charge in [0.1, 0.15) is 5.75 Å². The van der Waals surface area contributed by atoms with E-state index in [1.165, 1.54) is 0 Å². The fraction of sp³-hybridized carbons (Fsp3) is 0.625. The summed E-state index contributed by atoms with van der Waals surface area (Å²) in [5.74, 6) is 0.821. The monoisotopic (exact) mass is 356 g/mol. The van der Waals surface area contributed by atoms with Crippen molar-refractivity contribution >= 4 is 15.9 Å². The molecule has 1 aliphatic rings. The molecular weight excluding hydrogens is 332 g/mol. The third-order valence-electron chi connectivity index (χ3n) is 4.21. The number of ether oxygens (including phenoxy) is 1. The number of aliphatic hydroxyl groups is 1. The first kappa shape index (κ1) is 16.7. The Morgan fingerprint density at radius 1 is 1.38 bits per heavy atom. The number of rotatable bonds is 5. The molecule has 1 N–H and O–H groups in total. The van der Waals surface area contributed by atoms with E-state index >= 15 is 0 Å². The molecule has 1 aromatic rings. The maximum Gasteiger partial charge on any atom is 0.133 e. The molecule has 0 radical (unpaired) electrons. The maximum atomic E-state index is 10.4. The number of nitrogens with zero attached hydrogens (tertiary/aromatic N) is 2. The van der Waals surface area contributed by atoms with Crippen LogP contribution in [0.5, 0.6) is 5.75 Å². The van der Waals surface area contributed by atoms with Crippen LogP contribution in [0.25, 0.3) is 0 Å². The van der Waals surface area contributed by atoms with E-state index in [4.69, 9.17) is 4.74 Å². The van der Waals surface area contributed by atoms with Gasteiger partial charge in [-0.1, -0.05) is 6.07 Å². The van der Waals surface area contributed by atoms with Crippen LogP contribution in [-0.4, -0.2) is 67.9 Å². The first-order valence-electron chi connectivity index (χ1n) is 7.39. The second-order valence-electron chi connectivity index (χ2n) is 5.96. The molecule has 0 amide bonds. The molecule has 1 aromatic carbocycles. The predicted octanol–water partition coefficient (Wildman–Crippen LogP) is 2.00. The van der Waals surface area contributed by atoms with Gasteiger partial charge in [0, 0.05) is 25.7 Å². The average Bonchev–Trinajstić information content (AvgIpc) is 2.43. The Morgan fingerprint density at radius 2 is 2.14 bits per heavy atom. The smallest absolute Gasteiger partial charge is 0.133 e. The van der Waals surface area contributed by atoms with Crippen molar-refractivity contribution in [3.63, 3.8) is 0 Å². The fourth-order valence-corrected chi connectivity index (χ4v) is 3.45. The number of benzene rings is 1. The summed E-state index contributed by atoms with van der Waals surface area (Å²) in [5, 5.41) is 10.4. The molecule has 1 fully saturated rings. The summed E-state index contributed by atoms with van der Waals surface area (Å²) in [6, 6.07) is 6.41. The van der Waals surface area contributed by atoms with Crippen molar-refractivity contribution in [2.24, 2.45) is 0 Å². The van der Waals surface area contributed by atoms with Crippen molar-refractivity contribution in [1.29, 1.82) is 0 Å². The highest BCUT2D eigenvalue weighted by atomic mass is 79.9. The van der Waals surface area contributed by atoms with Gasteiger partial charge in [0.25, 0.3) is 0 Å². The topological polar surface area (TPSA) is 35.9 Å². The van der Waals surface area contributed by atoms with Crippen molar-refractivity contribution in [2.75, 3.05) is 40.8 Å². The Morgan fingerprint density at radius 3 is 2.81 bits per heavy atom. The summed E-state index contributed by atoms with van der Waals surface area (Å²) < 4.78 is 6.17. The minimum absolute atomic E-state index is 0.316. The van der Waals surface area contributed by atoms with Gasteiger partial charge in [-0.3, -0.25) is 0 Å². The van der Waals surface area contributed by atoms with Crippen LogP contribution in [-0.2, 0) is 6.42 Å². The molecule has 118 valence electrons. The van der Waals surface area contributed by atoms with E-state index in [1.54, 1.807) is 7.11 Å². The molecule has 0 saturated carbocycles. The molecule has 2 unspecified atom stereocenters. The normalized spacial score (nSPS) is 22.2. The zero-order valence-electron chi connectivity index (χ0n) is 13.1. The van der Waals surface area contributed by atoms with E-state index in [9.17, 15) is 5.11 Å². The van der Waals surface area contributed by atoms with Crippen molar-refractivity contribution in [2.45, 2.75) is 25.0 Å². The second-order valence-corrected chi connectivity index (χ2v) is 6.81. The van der Waals surface area contributed by atoms with E-state index in [0.717, 1.165) is 41.8 Å². The van der Waals surface area contributed by atoms with Gasteiger partial charge in [-0.25, -0.2) is 0 Å². The van der Waals surface area contributed by atoms with Gasteiger partial charge in [0.2, 0.25) is 0 Å². The van der Waals surface area contributed by atoms with Gasteiger partial charge in [-0.2, -0.15) is 0 Å². The first-order chi connectivity index (χ1) is 9.99. The molecule has 21 heavy (non-hydrogen) atoms. The predicted molar refractivity (Wildman–Crippen MR) is 88.9 cm³/mol. The van der Waals surface area contributed by atoms with Gasteiger partial charge in [-0.15, -0.1) is 0 Å². The molecule has 1 aliphatic heterocycles. The van der Waals surface area contributed by atoms with Crippen LogP contribution < -0.4 is 4.74 Å². The lowest BCUT2D eigenvalue weighted by molar-refractivity contribution is 0.0639. The molecule has 1 heterocycles. The van der Waals surface area contributed by atoms with Crippen LogP contribution >= 0.6 is 15.9 Å². The number of hydrogen-bond acceptors (Lipinski definition) is 4. The Labute approximate surface area is 135 Å². The number of methoxy groups -OCH3 is 1. The molecule has 0 aliphatic carbocycles. The highest BCUT2D eigenvalue weighted by molar-refractivity contribution is 9.10. The van der Waals surface area contributed by atoms with E-state index in [1.807, 2.05) is 18.2 Å². The van der Waals surface area contributed by atoms with Gasteiger partial charge in [0.05, 0.1) is 17.7 Å². The second kappa shape index (κ2) is 7.58. The highest BCUT2D eigenvalue weighted by Gasteiger charge is 2.24. The van der Waals surface area contributed by atoms with Crippen molar-refractivity contribution < 1.29 is 9.84 Å². The van der Waals surface area contributed by atoms with Crippen LogP contribution in [0.4, 0.5) is 0 Å². The quantitative estimate of drug-likeness (QED) is 0.875. The maximum absolute atomic E-state index is 10.4. The minimum atomic E-state index is -0.316. The summed E-state index contributed by atoms with van der Waals surface area (Å²) in [4.78, 5) is 4.69. The SMILES string of the molecule is COc1ccc(CC(O)CC2CN(C)CCN2C)cc1Br. The lowest BCUT2D eigenvalue weighted by Crippen LogP contribution is -2.51. The van der Waals surface area contributed by atoms with Gasteiger partial charge >= 0.3 is 0 Å². The van der Waals surface area contributed by atoms with Gasteiger partial charge in [0.15, 0.2) is 0 Å².